The Morgan fingerprint density at radius 1 is 1.29 bits per heavy atom. The zero-order chi connectivity index (χ0) is 18.0. The first-order valence-electron chi connectivity index (χ1n) is 7.22. The van der Waals surface area contributed by atoms with Gasteiger partial charge in [-0.3, -0.25) is 9.63 Å². The fraction of sp³-hybridized carbons (Fsp3) is 0.294. The molecule has 0 radical (unpaired) electrons. The van der Waals surface area contributed by atoms with Crippen LogP contribution >= 0.6 is 23.4 Å². The Morgan fingerprint density at radius 3 is 2.42 bits per heavy atom. The zero-order valence-electron chi connectivity index (χ0n) is 13.6. The number of methoxy groups -OCH3 is 1. The van der Waals surface area contributed by atoms with Gasteiger partial charge in [0.25, 0.3) is 5.91 Å². The number of amides is 1. The molecule has 2 rings (SSSR count). The van der Waals surface area contributed by atoms with E-state index in [4.69, 9.17) is 28.1 Å². The highest BCUT2D eigenvalue weighted by molar-refractivity contribution is 6.31. The van der Waals surface area contributed by atoms with Crippen LogP contribution in [-0.4, -0.2) is 23.7 Å². The van der Waals surface area contributed by atoms with E-state index in [1.165, 1.54) is 19.3 Å². The lowest BCUT2D eigenvalue weighted by Crippen LogP contribution is -2.61. The SMILES string of the molecule is COC1([n+]2ccccc2)C(Cl)=CC(O)(C(=O)NCl)C=C1C=C(C)C. The number of rotatable bonds is 4. The lowest BCUT2D eigenvalue weighted by atomic mass is 9.85. The van der Waals surface area contributed by atoms with E-state index in [1.807, 2.05) is 36.9 Å². The smallest absolute Gasteiger partial charge is 0.336 e. The summed E-state index contributed by atoms with van der Waals surface area (Å²) in [6.45, 7) is 3.79. The first kappa shape index (κ1) is 18.7. The molecule has 0 bridgehead atoms. The van der Waals surface area contributed by atoms with Crippen molar-refractivity contribution in [2.75, 3.05) is 7.11 Å². The number of pyridine rings is 1. The number of hydrogen-bond acceptors (Lipinski definition) is 3. The van der Waals surface area contributed by atoms with Crippen molar-refractivity contribution in [1.82, 2.24) is 4.84 Å². The van der Waals surface area contributed by atoms with Crippen LogP contribution in [0.5, 0.6) is 0 Å². The molecule has 1 amide bonds. The number of halogens is 2. The van der Waals surface area contributed by atoms with Crippen molar-refractivity contribution in [2.45, 2.75) is 25.2 Å². The van der Waals surface area contributed by atoms with Crippen molar-refractivity contribution in [3.05, 3.63) is 65.0 Å². The fourth-order valence-corrected chi connectivity index (χ4v) is 3.27. The van der Waals surface area contributed by atoms with Gasteiger partial charge in [0.05, 0.1) is 5.57 Å². The Morgan fingerprint density at radius 2 is 1.92 bits per heavy atom. The molecule has 0 aliphatic heterocycles. The van der Waals surface area contributed by atoms with E-state index in [-0.39, 0.29) is 5.03 Å². The highest BCUT2D eigenvalue weighted by Crippen LogP contribution is 2.40. The molecule has 1 aromatic heterocycles. The molecule has 1 aliphatic carbocycles. The predicted octanol–water partition coefficient (Wildman–Crippen LogP) is 2.30. The molecule has 0 saturated carbocycles. The van der Waals surface area contributed by atoms with Crippen LogP contribution in [0.25, 0.3) is 0 Å². The Hall–Kier alpha value is -1.66. The maximum Gasteiger partial charge on any atom is 0.336 e. The monoisotopic (exact) mass is 369 g/mol. The second-order valence-electron chi connectivity index (χ2n) is 5.69. The molecule has 1 aliphatic rings. The molecule has 2 atom stereocenters. The topological polar surface area (TPSA) is 62.4 Å². The molecule has 0 saturated heterocycles. The number of hydrogen-bond donors (Lipinski definition) is 2. The van der Waals surface area contributed by atoms with Crippen LogP contribution in [0.4, 0.5) is 0 Å². The lowest BCUT2D eigenvalue weighted by molar-refractivity contribution is -0.785. The van der Waals surface area contributed by atoms with Crippen LogP contribution in [-0.2, 0) is 15.3 Å². The predicted molar refractivity (Wildman–Crippen MR) is 92.0 cm³/mol. The standard InChI is InChI=1S/C17H18Cl2N2O3/c1-12(2)9-13-10-16(23,15(22)20-19)11-14(18)17(13,24-3)21-7-5-4-6-8-21/h4-11,23H,1-3H3/p+1. The van der Waals surface area contributed by atoms with Gasteiger partial charge in [0.1, 0.15) is 5.03 Å². The third-order valence-electron chi connectivity index (χ3n) is 3.71. The second kappa shape index (κ2) is 7.07. The minimum absolute atomic E-state index is 0.138. The van der Waals surface area contributed by atoms with Crippen LogP contribution < -0.4 is 9.40 Å². The molecule has 2 unspecified atom stereocenters. The van der Waals surface area contributed by atoms with Gasteiger partial charge in [-0.15, -0.1) is 0 Å². The molecule has 1 heterocycles. The number of nitrogens with zero attached hydrogens (tertiary/aromatic N) is 1. The summed E-state index contributed by atoms with van der Waals surface area (Å²) in [7, 11) is 1.51. The van der Waals surface area contributed by atoms with Gasteiger partial charge < -0.3 is 9.84 Å². The largest absolute Gasteiger partial charge is 0.373 e. The third kappa shape index (κ3) is 3.13. The van der Waals surface area contributed by atoms with Gasteiger partial charge in [0.15, 0.2) is 18.0 Å². The Balaban J connectivity index is 2.76. The normalized spacial score (nSPS) is 26.2. The molecule has 2 N–H and O–H groups in total. The molecule has 24 heavy (non-hydrogen) atoms. The number of aliphatic hydroxyl groups is 1. The zero-order valence-corrected chi connectivity index (χ0v) is 15.1. The second-order valence-corrected chi connectivity index (χ2v) is 6.29. The van der Waals surface area contributed by atoms with E-state index in [0.29, 0.717) is 5.57 Å². The first-order valence-corrected chi connectivity index (χ1v) is 7.98. The van der Waals surface area contributed by atoms with Gasteiger partial charge in [-0.25, -0.2) is 0 Å². The van der Waals surface area contributed by atoms with E-state index in [2.05, 4.69) is 0 Å². The molecule has 0 fully saturated rings. The van der Waals surface area contributed by atoms with E-state index >= 15 is 0 Å². The summed E-state index contributed by atoms with van der Waals surface area (Å²) in [5, 5.41) is 10.8. The van der Waals surface area contributed by atoms with Crippen molar-refractivity contribution >= 4 is 29.3 Å². The van der Waals surface area contributed by atoms with Crippen LogP contribution in [0.2, 0.25) is 0 Å². The maximum absolute atomic E-state index is 12.0. The summed E-state index contributed by atoms with van der Waals surface area (Å²) in [6, 6.07) is 5.52. The van der Waals surface area contributed by atoms with Crippen LogP contribution in [0.15, 0.2) is 65.0 Å². The Labute approximate surface area is 151 Å². The summed E-state index contributed by atoms with van der Waals surface area (Å²) in [5.74, 6) is -0.801. The number of allylic oxidation sites excluding steroid dienone is 1. The first-order chi connectivity index (χ1) is 11.3. The third-order valence-corrected chi connectivity index (χ3v) is 4.24. The van der Waals surface area contributed by atoms with Crippen molar-refractivity contribution < 1.29 is 19.2 Å². The van der Waals surface area contributed by atoms with Crippen LogP contribution in [0.1, 0.15) is 13.8 Å². The number of carbonyl (C=O) groups excluding carboxylic acids is 1. The van der Waals surface area contributed by atoms with Crippen LogP contribution in [0, 0.1) is 0 Å². The van der Waals surface area contributed by atoms with Crippen molar-refractivity contribution in [3.8, 4) is 0 Å². The highest BCUT2D eigenvalue weighted by atomic mass is 35.5. The van der Waals surface area contributed by atoms with E-state index in [0.717, 1.165) is 5.57 Å². The lowest BCUT2D eigenvalue weighted by Gasteiger charge is -2.34. The van der Waals surface area contributed by atoms with Gasteiger partial charge in [0.2, 0.25) is 0 Å². The summed E-state index contributed by atoms with van der Waals surface area (Å²) in [6.07, 6.45) is 7.98. The molecule has 1 aromatic rings. The highest BCUT2D eigenvalue weighted by Gasteiger charge is 2.53. The summed E-state index contributed by atoms with van der Waals surface area (Å²) < 4.78 is 7.53. The Kier molecular flexibility index (Phi) is 5.50. The van der Waals surface area contributed by atoms with Gasteiger partial charge in [0, 0.05) is 31.0 Å². The molecule has 7 heteroatoms. The van der Waals surface area contributed by atoms with Crippen molar-refractivity contribution in [1.29, 1.82) is 0 Å². The van der Waals surface area contributed by atoms with Gasteiger partial charge in [-0.2, -0.15) is 4.57 Å². The molecular formula is C17H19Cl2N2O3+. The van der Waals surface area contributed by atoms with Gasteiger partial charge in [-0.1, -0.05) is 29.3 Å². The van der Waals surface area contributed by atoms with E-state index in [1.54, 1.807) is 23.0 Å². The van der Waals surface area contributed by atoms with Crippen molar-refractivity contribution in [2.24, 2.45) is 0 Å². The number of ether oxygens (including phenoxy) is 1. The number of aromatic nitrogens is 1. The average molecular weight is 370 g/mol. The fourth-order valence-electron chi connectivity index (χ4n) is 2.66. The molecule has 128 valence electrons. The van der Waals surface area contributed by atoms with Gasteiger partial charge in [-0.05, 0) is 26.0 Å². The number of nitrogens with one attached hydrogen (secondary N) is 1. The minimum atomic E-state index is -1.97. The summed E-state index contributed by atoms with van der Waals surface area (Å²) >= 11 is 11.9. The van der Waals surface area contributed by atoms with Crippen molar-refractivity contribution in [3.63, 3.8) is 0 Å². The Bertz CT molecular complexity index is 727. The quantitative estimate of drug-likeness (QED) is 0.632. The maximum atomic E-state index is 12.0. The number of carbonyl (C=O) groups is 1. The summed E-state index contributed by atoms with van der Waals surface area (Å²) in [5.41, 5.74) is -1.72. The minimum Gasteiger partial charge on any atom is -0.373 e. The average Bonchev–Trinajstić information content (AvgIpc) is 2.54. The molecular weight excluding hydrogens is 351 g/mol. The molecule has 0 aromatic carbocycles. The summed E-state index contributed by atoms with van der Waals surface area (Å²) in [4.78, 5) is 13.9. The van der Waals surface area contributed by atoms with E-state index < -0.39 is 17.2 Å². The molecule has 5 nitrogen and oxygen atoms in total. The van der Waals surface area contributed by atoms with E-state index in [9.17, 15) is 9.90 Å². The van der Waals surface area contributed by atoms with Gasteiger partial charge >= 0.3 is 5.72 Å². The van der Waals surface area contributed by atoms with Crippen LogP contribution in [0.3, 0.4) is 0 Å². The molecule has 0 spiro atoms.